The summed E-state index contributed by atoms with van der Waals surface area (Å²) in [7, 11) is 0. The highest BCUT2D eigenvalue weighted by Crippen LogP contribution is 2.27. The van der Waals surface area contributed by atoms with Gasteiger partial charge in [-0.25, -0.2) is 4.98 Å². The molecule has 1 aromatic rings. The first-order chi connectivity index (χ1) is 7.83. The Bertz CT molecular complexity index is 369. The van der Waals surface area contributed by atoms with E-state index in [-0.39, 0.29) is 11.9 Å². The maximum atomic E-state index is 11.8. The van der Waals surface area contributed by atoms with Crippen molar-refractivity contribution in [2.45, 2.75) is 18.9 Å². The van der Waals surface area contributed by atoms with Crippen molar-refractivity contribution in [2.24, 2.45) is 5.92 Å². The summed E-state index contributed by atoms with van der Waals surface area (Å²) in [6.07, 6.45) is 3.74. The largest absolute Gasteiger partial charge is 0.345 e. The van der Waals surface area contributed by atoms with Crippen LogP contribution < -0.4 is 5.32 Å². The third-order valence-electron chi connectivity index (χ3n) is 3.60. The lowest BCUT2D eigenvalue weighted by molar-refractivity contribution is 0.0615. The number of aromatic nitrogens is 3. The number of nitrogens with zero attached hydrogens (tertiary/aromatic N) is 3. The molecule has 1 atom stereocenters. The van der Waals surface area contributed by atoms with Crippen molar-refractivity contribution < 1.29 is 4.79 Å². The summed E-state index contributed by atoms with van der Waals surface area (Å²) in [5, 5.41) is 9.30. The van der Waals surface area contributed by atoms with Crippen LogP contribution in [0.2, 0.25) is 0 Å². The molecule has 4 heterocycles. The SMILES string of the molecule is O=C(NC1CN2CCC1CC2)c1ncn[nH]1. The van der Waals surface area contributed by atoms with Crippen LogP contribution in [0.15, 0.2) is 6.33 Å². The Kier molecular flexibility index (Phi) is 2.36. The summed E-state index contributed by atoms with van der Waals surface area (Å²) < 4.78 is 0. The molecule has 1 aromatic heterocycles. The average molecular weight is 221 g/mol. The number of amides is 1. The van der Waals surface area contributed by atoms with Gasteiger partial charge in [0.2, 0.25) is 5.82 Å². The highest BCUT2D eigenvalue weighted by Gasteiger charge is 2.35. The van der Waals surface area contributed by atoms with Gasteiger partial charge in [0.25, 0.3) is 5.91 Å². The first kappa shape index (κ1) is 9.77. The van der Waals surface area contributed by atoms with E-state index in [0.717, 1.165) is 6.54 Å². The van der Waals surface area contributed by atoms with Gasteiger partial charge in [-0.3, -0.25) is 9.89 Å². The summed E-state index contributed by atoms with van der Waals surface area (Å²) in [5.41, 5.74) is 0. The number of carbonyl (C=O) groups is 1. The second-order valence-electron chi connectivity index (χ2n) is 4.55. The highest BCUT2D eigenvalue weighted by atomic mass is 16.2. The first-order valence-electron chi connectivity index (χ1n) is 5.71. The molecule has 1 amide bonds. The quantitative estimate of drug-likeness (QED) is 0.714. The summed E-state index contributed by atoms with van der Waals surface area (Å²) in [5.74, 6) is 0.796. The zero-order valence-electron chi connectivity index (χ0n) is 9.02. The molecule has 3 fully saturated rings. The number of nitrogens with one attached hydrogen (secondary N) is 2. The molecule has 0 spiro atoms. The summed E-state index contributed by atoms with van der Waals surface area (Å²) in [4.78, 5) is 18.0. The Balaban J connectivity index is 1.65. The van der Waals surface area contributed by atoms with E-state index in [2.05, 4.69) is 25.4 Å². The summed E-state index contributed by atoms with van der Waals surface area (Å²) >= 11 is 0. The molecule has 0 saturated carbocycles. The van der Waals surface area contributed by atoms with Crippen LogP contribution in [0.4, 0.5) is 0 Å². The van der Waals surface area contributed by atoms with Gasteiger partial charge in [0, 0.05) is 12.6 Å². The van der Waals surface area contributed by atoms with Crippen molar-refractivity contribution in [3.63, 3.8) is 0 Å². The van der Waals surface area contributed by atoms with Gasteiger partial charge >= 0.3 is 0 Å². The van der Waals surface area contributed by atoms with Gasteiger partial charge in [0.15, 0.2) is 0 Å². The number of hydrogen-bond donors (Lipinski definition) is 2. The minimum absolute atomic E-state index is 0.142. The zero-order valence-corrected chi connectivity index (χ0v) is 9.02. The fraction of sp³-hybridized carbons (Fsp3) is 0.700. The highest BCUT2D eigenvalue weighted by molar-refractivity contribution is 5.90. The smallest absolute Gasteiger partial charge is 0.288 e. The lowest BCUT2D eigenvalue weighted by Crippen LogP contribution is -2.57. The number of carbonyl (C=O) groups excluding carboxylic acids is 1. The van der Waals surface area contributed by atoms with E-state index in [0.29, 0.717) is 11.7 Å². The molecule has 16 heavy (non-hydrogen) atoms. The second kappa shape index (κ2) is 3.86. The van der Waals surface area contributed by atoms with E-state index in [1.807, 2.05) is 0 Å². The normalized spacial score (nSPS) is 32.6. The van der Waals surface area contributed by atoms with Crippen LogP contribution in [-0.2, 0) is 0 Å². The second-order valence-corrected chi connectivity index (χ2v) is 4.55. The van der Waals surface area contributed by atoms with E-state index < -0.39 is 0 Å². The average Bonchev–Trinajstić information content (AvgIpc) is 2.84. The van der Waals surface area contributed by atoms with E-state index in [1.54, 1.807) is 0 Å². The van der Waals surface area contributed by atoms with Gasteiger partial charge in [-0.1, -0.05) is 0 Å². The Morgan fingerprint density at radius 1 is 1.50 bits per heavy atom. The molecule has 2 bridgehead atoms. The van der Waals surface area contributed by atoms with Crippen molar-refractivity contribution in [3.8, 4) is 0 Å². The Morgan fingerprint density at radius 3 is 2.88 bits per heavy atom. The van der Waals surface area contributed by atoms with Gasteiger partial charge in [-0.15, -0.1) is 0 Å². The monoisotopic (exact) mass is 221 g/mol. The predicted octanol–water partition coefficient (Wildman–Crippen LogP) is -0.371. The molecule has 0 radical (unpaired) electrons. The number of aromatic amines is 1. The van der Waals surface area contributed by atoms with E-state index in [4.69, 9.17) is 0 Å². The third-order valence-corrected chi connectivity index (χ3v) is 3.60. The van der Waals surface area contributed by atoms with Crippen LogP contribution in [-0.4, -0.2) is 51.7 Å². The molecule has 2 N–H and O–H groups in total. The van der Waals surface area contributed by atoms with Crippen molar-refractivity contribution in [1.82, 2.24) is 25.4 Å². The minimum atomic E-state index is -0.142. The molecule has 4 rings (SSSR count). The number of fused-ring (bicyclic) bond motifs is 3. The molecule has 3 aliphatic heterocycles. The standard InChI is InChI=1S/C10H15N5O/c16-10(9-11-6-12-14-9)13-8-5-15-3-1-7(8)2-4-15/h6-8H,1-5H2,(H,13,16)(H,11,12,14). The third kappa shape index (κ3) is 1.69. The number of rotatable bonds is 2. The molecular weight excluding hydrogens is 206 g/mol. The number of hydrogen-bond acceptors (Lipinski definition) is 4. The fourth-order valence-electron chi connectivity index (χ4n) is 2.68. The molecule has 6 heteroatoms. The van der Waals surface area contributed by atoms with Gasteiger partial charge < -0.3 is 10.2 Å². The lowest BCUT2D eigenvalue weighted by Gasteiger charge is -2.44. The maximum Gasteiger partial charge on any atom is 0.288 e. The van der Waals surface area contributed by atoms with Crippen molar-refractivity contribution >= 4 is 5.91 Å². The van der Waals surface area contributed by atoms with Crippen molar-refractivity contribution in [2.75, 3.05) is 19.6 Å². The summed E-state index contributed by atoms with van der Waals surface area (Å²) in [6, 6.07) is 0.278. The van der Waals surface area contributed by atoms with Crippen LogP contribution in [0, 0.1) is 5.92 Å². The molecule has 0 aliphatic carbocycles. The summed E-state index contributed by atoms with van der Waals surface area (Å²) in [6.45, 7) is 3.34. The van der Waals surface area contributed by atoms with Crippen LogP contribution in [0.5, 0.6) is 0 Å². The molecule has 3 saturated heterocycles. The Morgan fingerprint density at radius 2 is 2.31 bits per heavy atom. The van der Waals surface area contributed by atoms with E-state index >= 15 is 0 Å². The van der Waals surface area contributed by atoms with Gasteiger partial charge in [0.1, 0.15) is 6.33 Å². The Labute approximate surface area is 93.4 Å². The van der Waals surface area contributed by atoms with Crippen molar-refractivity contribution in [3.05, 3.63) is 12.2 Å². The zero-order chi connectivity index (χ0) is 11.0. The van der Waals surface area contributed by atoms with Crippen LogP contribution in [0.3, 0.4) is 0 Å². The molecule has 0 aromatic carbocycles. The van der Waals surface area contributed by atoms with Crippen LogP contribution >= 0.6 is 0 Å². The van der Waals surface area contributed by atoms with E-state index in [9.17, 15) is 4.79 Å². The van der Waals surface area contributed by atoms with Gasteiger partial charge in [0.05, 0.1) is 0 Å². The minimum Gasteiger partial charge on any atom is -0.345 e. The van der Waals surface area contributed by atoms with Gasteiger partial charge in [-0.05, 0) is 31.8 Å². The Hall–Kier alpha value is -1.43. The molecular formula is C10H15N5O. The van der Waals surface area contributed by atoms with Gasteiger partial charge in [-0.2, -0.15) is 5.10 Å². The van der Waals surface area contributed by atoms with Crippen LogP contribution in [0.25, 0.3) is 0 Å². The fourth-order valence-corrected chi connectivity index (χ4v) is 2.68. The predicted molar refractivity (Wildman–Crippen MR) is 56.8 cm³/mol. The van der Waals surface area contributed by atoms with Crippen molar-refractivity contribution in [1.29, 1.82) is 0 Å². The molecule has 1 unspecified atom stereocenters. The molecule has 6 nitrogen and oxygen atoms in total. The number of piperidine rings is 3. The van der Waals surface area contributed by atoms with E-state index in [1.165, 1.54) is 32.3 Å². The van der Waals surface area contributed by atoms with Crippen LogP contribution in [0.1, 0.15) is 23.5 Å². The maximum absolute atomic E-state index is 11.8. The topological polar surface area (TPSA) is 73.9 Å². The lowest BCUT2D eigenvalue weighted by atomic mass is 9.84. The number of H-pyrrole nitrogens is 1. The molecule has 86 valence electrons. The first-order valence-corrected chi connectivity index (χ1v) is 5.71. The molecule has 3 aliphatic rings.